The number of amides is 1. The maximum Gasteiger partial charge on any atom is 0.251 e. The van der Waals surface area contributed by atoms with Crippen LogP contribution in [0, 0.1) is 0 Å². The Kier molecular flexibility index (Phi) is 6.73. The number of nitrogens with zero attached hydrogens (tertiary/aromatic N) is 1. The Hall–Kier alpha value is -1.64. The van der Waals surface area contributed by atoms with Gasteiger partial charge in [0.05, 0.1) is 7.11 Å². The van der Waals surface area contributed by atoms with Crippen LogP contribution in [0.3, 0.4) is 0 Å². The standard InChI is InChI=1S/C19H29N3O4S/c1-26-17-9-8-15(19(23)21-16-7-6-10-20-14-16)13-18(17)27(24,25)22-11-4-2-3-5-12-22/h8-9,13,16,20H,2-7,10-12,14H2,1H3,(H,21,23)/t16-/m0/s1. The lowest BCUT2D eigenvalue weighted by Crippen LogP contribution is -2.45. The van der Waals surface area contributed by atoms with Crippen molar-refractivity contribution in [3.8, 4) is 5.75 Å². The molecule has 0 unspecified atom stereocenters. The molecule has 1 aromatic rings. The molecule has 27 heavy (non-hydrogen) atoms. The van der Waals surface area contributed by atoms with Gasteiger partial charge >= 0.3 is 0 Å². The summed E-state index contributed by atoms with van der Waals surface area (Å²) in [6.45, 7) is 2.72. The molecule has 0 aliphatic carbocycles. The van der Waals surface area contributed by atoms with Crippen molar-refractivity contribution in [3.05, 3.63) is 23.8 Å². The fourth-order valence-electron chi connectivity index (χ4n) is 3.68. The maximum absolute atomic E-state index is 13.2. The van der Waals surface area contributed by atoms with E-state index in [9.17, 15) is 13.2 Å². The van der Waals surface area contributed by atoms with E-state index < -0.39 is 10.0 Å². The number of rotatable bonds is 5. The predicted octanol–water partition coefficient (Wildman–Crippen LogP) is 1.74. The minimum absolute atomic E-state index is 0.0685. The molecule has 2 aliphatic rings. The molecule has 3 rings (SSSR count). The number of methoxy groups -OCH3 is 1. The van der Waals surface area contributed by atoms with Crippen molar-refractivity contribution >= 4 is 15.9 Å². The number of carbonyl (C=O) groups is 1. The molecular formula is C19H29N3O4S. The number of hydrogen-bond donors (Lipinski definition) is 2. The van der Waals surface area contributed by atoms with Gasteiger partial charge in [0, 0.05) is 31.2 Å². The first-order valence-electron chi connectivity index (χ1n) is 9.72. The lowest BCUT2D eigenvalue weighted by molar-refractivity contribution is 0.0930. The summed E-state index contributed by atoms with van der Waals surface area (Å²) >= 11 is 0. The summed E-state index contributed by atoms with van der Waals surface area (Å²) in [5, 5.41) is 6.25. The predicted molar refractivity (Wildman–Crippen MR) is 104 cm³/mol. The van der Waals surface area contributed by atoms with Gasteiger partial charge < -0.3 is 15.4 Å². The van der Waals surface area contributed by atoms with Crippen LogP contribution < -0.4 is 15.4 Å². The summed E-state index contributed by atoms with van der Waals surface area (Å²) < 4.78 is 33.2. The van der Waals surface area contributed by atoms with Crippen LogP contribution in [0.4, 0.5) is 0 Å². The topological polar surface area (TPSA) is 87.7 Å². The summed E-state index contributed by atoms with van der Waals surface area (Å²) in [5.41, 5.74) is 0.342. The van der Waals surface area contributed by atoms with Crippen LogP contribution in [0.2, 0.25) is 0 Å². The van der Waals surface area contributed by atoms with E-state index in [4.69, 9.17) is 4.74 Å². The van der Waals surface area contributed by atoms with Gasteiger partial charge in [0.1, 0.15) is 10.6 Å². The quantitative estimate of drug-likeness (QED) is 0.793. The Bertz CT molecular complexity index is 752. The molecule has 2 N–H and O–H groups in total. The highest BCUT2D eigenvalue weighted by molar-refractivity contribution is 7.89. The van der Waals surface area contributed by atoms with Crippen molar-refractivity contribution in [1.82, 2.24) is 14.9 Å². The van der Waals surface area contributed by atoms with E-state index >= 15 is 0 Å². The molecule has 150 valence electrons. The third-order valence-electron chi connectivity index (χ3n) is 5.24. The van der Waals surface area contributed by atoms with Crippen molar-refractivity contribution in [1.29, 1.82) is 0 Å². The average Bonchev–Trinajstić information content (AvgIpc) is 2.98. The second-order valence-corrected chi connectivity index (χ2v) is 9.11. The molecule has 7 nitrogen and oxygen atoms in total. The Balaban J connectivity index is 1.85. The first kappa shape index (κ1) is 20.1. The first-order valence-corrected chi connectivity index (χ1v) is 11.2. The van der Waals surface area contributed by atoms with E-state index in [0.717, 1.165) is 51.6 Å². The highest BCUT2D eigenvalue weighted by Gasteiger charge is 2.29. The zero-order valence-electron chi connectivity index (χ0n) is 15.9. The first-order chi connectivity index (χ1) is 13.0. The number of hydrogen-bond acceptors (Lipinski definition) is 5. The van der Waals surface area contributed by atoms with Gasteiger partial charge in [0.15, 0.2) is 0 Å². The summed E-state index contributed by atoms with van der Waals surface area (Å²) in [7, 11) is -2.25. The molecule has 0 saturated carbocycles. The monoisotopic (exact) mass is 395 g/mol. The molecule has 0 bridgehead atoms. The molecule has 2 heterocycles. The zero-order chi connectivity index (χ0) is 19.3. The largest absolute Gasteiger partial charge is 0.495 e. The van der Waals surface area contributed by atoms with Crippen LogP contribution in [-0.2, 0) is 10.0 Å². The van der Waals surface area contributed by atoms with Gasteiger partial charge in [0.25, 0.3) is 5.91 Å². The normalized spacial score (nSPS) is 22.0. The van der Waals surface area contributed by atoms with Crippen molar-refractivity contribution < 1.29 is 17.9 Å². The third kappa shape index (κ3) is 4.80. The number of nitrogens with one attached hydrogen (secondary N) is 2. The van der Waals surface area contributed by atoms with E-state index in [2.05, 4.69) is 10.6 Å². The van der Waals surface area contributed by atoms with Crippen LogP contribution in [0.25, 0.3) is 0 Å². The number of benzene rings is 1. The second kappa shape index (κ2) is 9.03. The van der Waals surface area contributed by atoms with Crippen LogP contribution in [-0.4, -0.2) is 58.0 Å². The summed E-state index contributed by atoms with van der Waals surface area (Å²) in [6, 6.07) is 4.70. The number of piperidine rings is 1. The van der Waals surface area contributed by atoms with Crippen molar-refractivity contribution in [3.63, 3.8) is 0 Å². The maximum atomic E-state index is 13.2. The van der Waals surface area contributed by atoms with Gasteiger partial charge in [0.2, 0.25) is 10.0 Å². The van der Waals surface area contributed by atoms with Gasteiger partial charge in [-0.2, -0.15) is 4.31 Å². The smallest absolute Gasteiger partial charge is 0.251 e. The summed E-state index contributed by atoms with van der Waals surface area (Å²) in [4.78, 5) is 12.7. The summed E-state index contributed by atoms with van der Waals surface area (Å²) in [5.74, 6) is 0.0220. The molecule has 1 atom stereocenters. The fraction of sp³-hybridized carbons (Fsp3) is 0.632. The van der Waals surface area contributed by atoms with Crippen LogP contribution in [0.15, 0.2) is 23.1 Å². The third-order valence-corrected chi connectivity index (χ3v) is 7.16. The van der Waals surface area contributed by atoms with E-state index in [1.165, 1.54) is 17.5 Å². The number of carbonyl (C=O) groups excluding carboxylic acids is 1. The molecule has 0 spiro atoms. The molecule has 0 aromatic heterocycles. The van der Waals surface area contributed by atoms with Gasteiger partial charge in [-0.3, -0.25) is 4.79 Å². The molecule has 1 amide bonds. The fourth-order valence-corrected chi connectivity index (χ4v) is 5.38. The van der Waals surface area contributed by atoms with E-state index in [1.54, 1.807) is 12.1 Å². The van der Waals surface area contributed by atoms with E-state index in [1.807, 2.05) is 0 Å². The minimum atomic E-state index is -3.70. The molecular weight excluding hydrogens is 366 g/mol. The van der Waals surface area contributed by atoms with Crippen LogP contribution >= 0.6 is 0 Å². The Morgan fingerprint density at radius 2 is 1.93 bits per heavy atom. The van der Waals surface area contributed by atoms with E-state index in [-0.39, 0.29) is 22.6 Å². The Morgan fingerprint density at radius 3 is 2.56 bits per heavy atom. The van der Waals surface area contributed by atoms with Crippen molar-refractivity contribution in [2.24, 2.45) is 0 Å². The SMILES string of the molecule is COc1ccc(C(=O)N[C@H]2CCCNC2)cc1S(=O)(=O)N1CCCCCC1. The second-order valence-electron chi connectivity index (χ2n) is 7.20. The molecule has 0 radical (unpaired) electrons. The van der Waals surface area contributed by atoms with Crippen molar-refractivity contribution in [2.45, 2.75) is 49.5 Å². The molecule has 2 fully saturated rings. The van der Waals surface area contributed by atoms with Gasteiger partial charge in [-0.1, -0.05) is 12.8 Å². The average molecular weight is 396 g/mol. The lowest BCUT2D eigenvalue weighted by atomic mass is 10.1. The molecule has 1 aromatic carbocycles. The van der Waals surface area contributed by atoms with Gasteiger partial charge in [-0.15, -0.1) is 0 Å². The summed E-state index contributed by atoms with van der Waals surface area (Å²) in [6.07, 6.45) is 5.74. The Morgan fingerprint density at radius 1 is 1.19 bits per heavy atom. The number of ether oxygens (including phenoxy) is 1. The molecule has 8 heteroatoms. The zero-order valence-corrected chi connectivity index (χ0v) is 16.7. The van der Waals surface area contributed by atoms with Crippen molar-refractivity contribution in [2.75, 3.05) is 33.3 Å². The lowest BCUT2D eigenvalue weighted by Gasteiger charge is -2.24. The minimum Gasteiger partial charge on any atom is -0.495 e. The molecule has 2 saturated heterocycles. The van der Waals surface area contributed by atoms with Gasteiger partial charge in [-0.05, 0) is 50.4 Å². The molecule has 2 aliphatic heterocycles. The Labute approximate surface area is 161 Å². The van der Waals surface area contributed by atoms with Crippen LogP contribution in [0.5, 0.6) is 5.75 Å². The highest BCUT2D eigenvalue weighted by Crippen LogP contribution is 2.29. The van der Waals surface area contributed by atoms with E-state index in [0.29, 0.717) is 18.7 Å². The van der Waals surface area contributed by atoms with Gasteiger partial charge in [-0.25, -0.2) is 8.42 Å². The number of sulfonamides is 1. The highest BCUT2D eigenvalue weighted by atomic mass is 32.2. The van der Waals surface area contributed by atoms with Crippen LogP contribution in [0.1, 0.15) is 48.9 Å².